The highest BCUT2D eigenvalue weighted by atomic mass is 16.5. The van der Waals surface area contributed by atoms with Crippen LogP contribution in [0.25, 0.3) is 0 Å². The van der Waals surface area contributed by atoms with E-state index in [2.05, 4.69) is 26.3 Å². The molecule has 7 heteroatoms. The van der Waals surface area contributed by atoms with Crippen molar-refractivity contribution in [1.82, 2.24) is 24.3 Å². The third-order valence-electron chi connectivity index (χ3n) is 5.36. The molecule has 0 aliphatic carbocycles. The SMILES string of the molecule is CCn1ccnc1CN1CCCN(C(=O)[C@H](C)N2CCOCC2)CC1. The first-order valence-electron chi connectivity index (χ1n) is 9.52. The molecule has 1 atom stereocenters. The lowest BCUT2D eigenvalue weighted by Crippen LogP contribution is -2.51. The maximum Gasteiger partial charge on any atom is 0.239 e. The van der Waals surface area contributed by atoms with Gasteiger partial charge in [0.15, 0.2) is 0 Å². The Kier molecular flexibility index (Phi) is 6.45. The van der Waals surface area contributed by atoms with Gasteiger partial charge >= 0.3 is 0 Å². The number of rotatable bonds is 5. The van der Waals surface area contributed by atoms with Crippen molar-refractivity contribution >= 4 is 5.91 Å². The zero-order valence-corrected chi connectivity index (χ0v) is 15.6. The number of ether oxygens (including phenoxy) is 1. The fraction of sp³-hybridized carbons (Fsp3) is 0.778. The summed E-state index contributed by atoms with van der Waals surface area (Å²) in [6.45, 7) is 12.8. The summed E-state index contributed by atoms with van der Waals surface area (Å²) in [5.74, 6) is 1.38. The molecule has 2 aliphatic rings. The Labute approximate surface area is 150 Å². The van der Waals surface area contributed by atoms with E-state index in [0.29, 0.717) is 0 Å². The number of aryl methyl sites for hydroxylation is 1. The van der Waals surface area contributed by atoms with Crippen LogP contribution >= 0.6 is 0 Å². The molecule has 0 aromatic carbocycles. The zero-order chi connectivity index (χ0) is 17.6. The Morgan fingerprint density at radius 2 is 2.00 bits per heavy atom. The van der Waals surface area contributed by atoms with Gasteiger partial charge in [-0.2, -0.15) is 0 Å². The summed E-state index contributed by atoms with van der Waals surface area (Å²) in [6.07, 6.45) is 4.93. The van der Waals surface area contributed by atoms with Crippen molar-refractivity contribution in [2.24, 2.45) is 0 Å². The standard InChI is InChI=1S/C18H31N5O2/c1-3-21-8-5-19-17(21)15-20-6-4-7-23(10-9-20)18(24)16(2)22-11-13-25-14-12-22/h5,8,16H,3-4,6-7,9-15H2,1-2H3/t16-/m0/s1. The van der Waals surface area contributed by atoms with Crippen LogP contribution in [-0.4, -0.2) is 88.7 Å². The lowest BCUT2D eigenvalue weighted by Gasteiger charge is -2.34. The van der Waals surface area contributed by atoms with E-state index in [4.69, 9.17) is 4.74 Å². The molecule has 25 heavy (non-hydrogen) atoms. The Morgan fingerprint density at radius 1 is 1.20 bits per heavy atom. The second-order valence-electron chi connectivity index (χ2n) is 6.91. The van der Waals surface area contributed by atoms with E-state index in [9.17, 15) is 4.79 Å². The van der Waals surface area contributed by atoms with Crippen LogP contribution in [0.4, 0.5) is 0 Å². The number of amides is 1. The molecule has 0 spiro atoms. The van der Waals surface area contributed by atoms with Crippen molar-refractivity contribution < 1.29 is 9.53 Å². The molecule has 140 valence electrons. The average molecular weight is 349 g/mol. The van der Waals surface area contributed by atoms with Gasteiger partial charge in [-0.05, 0) is 20.3 Å². The average Bonchev–Trinajstić information content (AvgIpc) is 2.97. The van der Waals surface area contributed by atoms with Crippen molar-refractivity contribution in [2.45, 2.75) is 39.4 Å². The predicted molar refractivity (Wildman–Crippen MR) is 96.2 cm³/mol. The van der Waals surface area contributed by atoms with Gasteiger partial charge in [-0.3, -0.25) is 14.6 Å². The minimum atomic E-state index is -0.0468. The fourth-order valence-electron chi connectivity index (χ4n) is 3.71. The number of carbonyl (C=O) groups is 1. The largest absolute Gasteiger partial charge is 0.379 e. The highest BCUT2D eigenvalue weighted by Gasteiger charge is 2.28. The quantitative estimate of drug-likeness (QED) is 0.782. The number of hydrogen-bond acceptors (Lipinski definition) is 5. The molecule has 0 N–H and O–H groups in total. The minimum absolute atomic E-state index is 0.0468. The molecule has 1 aromatic heterocycles. The van der Waals surface area contributed by atoms with Gasteiger partial charge in [-0.15, -0.1) is 0 Å². The van der Waals surface area contributed by atoms with Gasteiger partial charge in [0.05, 0.1) is 25.8 Å². The smallest absolute Gasteiger partial charge is 0.239 e. The molecule has 0 radical (unpaired) electrons. The van der Waals surface area contributed by atoms with E-state index in [1.807, 2.05) is 24.2 Å². The van der Waals surface area contributed by atoms with Gasteiger partial charge in [-0.25, -0.2) is 4.98 Å². The molecular formula is C18H31N5O2. The first kappa shape index (κ1) is 18.4. The molecule has 3 heterocycles. The van der Waals surface area contributed by atoms with Crippen molar-refractivity contribution in [3.05, 3.63) is 18.2 Å². The molecule has 0 unspecified atom stereocenters. The molecule has 1 aromatic rings. The first-order chi connectivity index (χ1) is 12.2. The van der Waals surface area contributed by atoms with Crippen LogP contribution in [0.3, 0.4) is 0 Å². The number of aromatic nitrogens is 2. The molecule has 2 saturated heterocycles. The van der Waals surface area contributed by atoms with Crippen molar-refractivity contribution in [2.75, 3.05) is 52.5 Å². The van der Waals surface area contributed by atoms with Gasteiger partial charge in [0.25, 0.3) is 0 Å². The molecule has 0 saturated carbocycles. The number of nitrogens with zero attached hydrogens (tertiary/aromatic N) is 5. The maximum atomic E-state index is 12.9. The van der Waals surface area contributed by atoms with E-state index >= 15 is 0 Å². The third-order valence-corrected chi connectivity index (χ3v) is 5.36. The van der Waals surface area contributed by atoms with Crippen molar-refractivity contribution in [3.8, 4) is 0 Å². The van der Waals surface area contributed by atoms with Crippen LogP contribution in [0.2, 0.25) is 0 Å². The second-order valence-corrected chi connectivity index (χ2v) is 6.91. The van der Waals surface area contributed by atoms with Crippen molar-refractivity contribution in [3.63, 3.8) is 0 Å². The molecule has 0 bridgehead atoms. The van der Waals surface area contributed by atoms with Gasteiger partial charge in [0.2, 0.25) is 5.91 Å². The summed E-state index contributed by atoms with van der Waals surface area (Å²) in [5.41, 5.74) is 0. The molecule has 1 amide bonds. The summed E-state index contributed by atoms with van der Waals surface area (Å²) < 4.78 is 7.59. The Bertz CT molecular complexity index is 555. The summed E-state index contributed by atoms with van der Waals surface area (Å²) in [5, 5.41) is 0. The van der Waals surface area contributed by atoms with Crippen LogP contribution in [0.5, 0.6) is 0 Å². The van der Waals surface area contributed by atoms with E-state index < -0.39 is 0 Å². The number of hydrogen-bond donors (Lipinski definition) is 0. The van der Waals surface area contributed by atoms with Gasteiger partial charge in [0, 0.05) is 58.2 Å². The molecule has 3 rings (SSSR count). The van der Waals surface area contributed by atoms with Gasteiger partial charge < -0.3 is 14.2 Å². The lowest BCUT2D eigenvalue weighted by atomic mass is 10.2. The highest BCUT2D eigenvalue weighted by molar-refractivity contribution is 5.81. The summed E-state index contributed by atoms with van der Waals surface area (Å²) >= 11 is 0. The van der Waals surface area contributed by atoms with Crippen LogP contribution in [0, 0.1) is 0 Å². The van der Waals surface area contributed by atoms with Gasteiger partial charge in [-0.1, -0.05) is 0 Å². The lowest BCUT2D eigenvalue weighted by molar-refractivity contribution is -0.137. The van der Waals surface area contributed by atoms with E-state index in [1.54, 1.807) is 0 Å². The number of morpholine rings is 1. The van der Waals surface area contributed by atoms with Crippen LogP contribution in [0.1, 0.15) is 26.1 Å². The molecule has 2 fully saturated rings. The monoisotopic (exact) mass is 349 g/mol. The Hall–Kier alpha value is -1.44. The molecule has 7 nitrogen and oxygen atoms in total. The predicted octanol–water partition coefficient (Wildman–Crippen LogP) is 0.658. The molecular weight excluding hydrogens is 318 g/mol. The van der Waals surface area contributed by atoms with Crippen LogP contribution < -0.4 is 0 Å². The van der Waals surface area contributed by atoms with E-state index in [1.165, 1.54) is 0 Å². The number of imidazole rings is 1. The van der Waals surface area contributed by atoms with Gasteiger partial charge in [0.1, 0.15) is 5.82 Å². The summed E-state index contributed by atoms with van der Waals surface area (Å²) in [4.78, 5) is 24.1. The Morgan fingerprint density at radius 3 is 2.76 bits per heavy atom. The summed E-state index contributed by atoms with van der Waals surface area (Å²) in [6, 6.07) is -0.0468. The fourth-order valence-corrected chi connectivity index (χ4v) is 3.71. The van der Waals surface area contributed by atoms with Crippen LogP contribution in [0.15, 0.2) is 12.4 Å². The second kappa shape index (κ2) is 8.78. The minimum Gasteiger partial charge on any atom is -0.379 e. The number of carbonyl (C=O) groups excluding carboxylic acids is 1. The van der Waals surface area contributed by atoms with Crippen LogP contribution in [-0.2, 0) is 22.6 Å². The summed E-state index contributed by atoms with van der Waals surface area (Å²) in [7, 11) is 0. The molecule has 2 aliphatic heterocycles. The first-order valence-corrected chi connectivity index (χ1v) is 9.52. The Balaban J connectivity index is 1.53. The third kappa shape index (κ3) is 4.59. The maximum absolute atomic E-state index is 12.9. The normalized spacial score (nSPS) is 21.9. The van der Waals surface area contributed by atoms with E-state index in [0.717, 1.165) is 77.8 Å². The zero-order valence-electron chi connectivity index (χ0n) is 15.6. The highest BCUT2D eigenvalue weighted by Crippen LogP contribution is 2.12. The van der Waals surface area contributed by atoms with Crippen molar-refractivity contribution in [1.29, 1.82) is 0 Å². The van der Waals surface area contributed by atoms with E-state index in [-0.39, 0.29) is 11.9 Å². The topological polar surface area (TPSA) is 53.8 Å².